The molecule has 0 spiro atoms. The van der Waals surface area contributed by atoms with Gasteiger partial charge in [0.05, 0.1) is 5.60 Å². The molecule has 0 aromatic rings. The zero-order valence-corrected chi connectivity index (χ0v) is 11.7. The minimum Gasteiger partial charge on any atom is -0.324 e. The highest BCUT2D eigenvalue weighted by molar-refractivity contribution is 7.52. The smallest absolute Gasteiger partial charge is 0.324 e. The second-order valence-electron chi connectivity index (χ2n) is 4.91. The van der Waals surface area contributed by atoms with Crippen LogP contribution >= 0.6 is 7.60 Å². The molecule has 0 aromatic carbocycles. The van der Waals surface area contributed by atoms with Crippen molar-refractivity contribution in [3.63, 3.8) is 0 Å². The average molecular weight is 236 g/mol. The summed E-state index contributed by atoms with van der Waals surface area (Å²) in [5.74, 6) is 0.742. The van der Waals surface area contributed by atoms with Crippen molar-refractivity contribution in [3.05, 3.63) is 0 Å². The van der Waals surface area contributed by atoms with E-state index in [1.54, 1.807) is 6.92 Å². The Morgan fingerprint density at radius 1 is 1.33 bits per heavy atom. The minimum absolute atomic E-state index is 0.172. The SMILES string of the molecule is CC[C@@H](C(C)C)C(C)(C)OP(=O)(O)CC. The molecule has 0 saturated heterocycles. The lowest BCUT2D eigenvalue weighted by molar-refractivity contribution is 0.0104. The molecule has 0 rings (SSSR count). The van der Waals surface area contributed by atoms with E-state index in [9.17, 15) is 9.46 Å². The number of rotatable bonds is 6. The Balaban J connectivity index is 4.72. The maximum atomic E-state index is 11.6. The summed E-state index contributed by atoms with van der Waals surface area (Å²) >= 11 is 0. The van der Waals surface area contributed by atoms with Crippen LogP contribution in [0, 0.1) is 11.8 Å². The van der Waals surface area contributed by atoms with E-state index in [1.807, 2.05) is 13.8 Å². The van der Waals surface area contributed by atoms with Crippen LogP contribution in [0.15, 0.2) is 0 Å². The summed E-state index contributed by atoms with van der Waals surface area (Å²) in [6.45, 7) is 11.8. The fourth-order valence-electron chi connectivity index (χ4n) is 2.27. The maximum absolute atomic E-state index is 11.6. The number of hydrogen-bond donors (Lipinski definition) is 1. The zero-order chi connectivity index (χ0) is 12.3. The van der Waals surface area contributed by atoms with Gasteiger partial charge in [-0.3, -0.25) is 4.57 Å². The molecule has 15 heavy (non-hydrogen) atoms. The summed E-state index contributed by atoms with van der Waals surface area (Å²) in [5, 5.41) is 0. The Morgan fingerprint density at radius 3 is 2.07 bits per heavy atom. The van der Waals surface area contributed by atoms with Crippen molar-refractivity contribution in [1.29, 1.82) is 0 Å². The van der Waals surface area contributed by atoms with E-state index >= 15 is 0 Å². The third-order valence-corrected chi connectivity index (χ3v) is 4.47. The molecule has 2 atom stereocenters. The van der Waals surface area contributed by atoms with E-state index in [0.717, 1.165) is 6.42 Å². The van der Waals surface area contributed by atoms with Gasteiger partial charge >= 0.3 is 7.60 Å². The van der Waals surface area contributed by atoms with Crippen LogP contribution in [-0.2, 0) is 9.09 Å². The first-order valence-corrected chi connectivity index (χ1v) is 7.45. The molecule has 4 heteroatoms. The molecule has 1 N–H and O–H groups in total. The first-order chi connectivity index (χ1) is 6.66. The first-order valence-electron chi connectivity index (χ1n) is 5.68. The van der Waals surface area contributed by atoms with Crippen LogP contribution < -0.4 is 0 Å². The van der Waals surface area contributed by atoms with E-state index in [-0.39, 0.29) is 6.16 Å². The Bertz CT molecular complexity index is 236. The van der Waals surface area contributed by atoms with Crippen LogP contribution in [0.1, 0.15) is 48.0 Å². The van der Waals surface area contributed by atoms with Gasteiger partial charge in [0.25, 0.3) is 0 Å². The molecule has 1 unspecified atom stereocenters. The van der Waals surface area contributed by atoms with Gasteiger partial charge in [0.1, 0.15) is 0 Å². The molecule has 0 bridgehead atoms. The fourth-order valence-corrected chi connectivity index (χ4v) is 3.27. The van der Waals surface area contributed by atoms with Gasteiger partial charge in [-0.05, 0) is 25.7 Å². The molecule has 0 saturated carbocycles. The van der Waals surface area contributed by atoms with Crippen molar-refractivity contribution < 1.29 is 14.0 Å². The molecular formula is C11H25O3P. The summed E-state index contributed by atoms with van der Waals surface area (Å²) in [6.07, 6.45) is 1.12. The number of hydrogen-bond acceptors (Lipinski definition) is 2. The second-order valence-corrected chi connectivity index (χ2v) is 7.00. The highest BCUT2D eigenvalue weighted by atomic mass is 31.2. The first kappa shape index (κ1) is 15.2. The monoisotopic (exact) mass is 236 g/mol. The van der Waals surface area contributed by atoms with Gasteiger partial charge in [-0.2, -0.15) is 0 Å². The molecule has 0 amide bonds. The third-order valence-electron chi connectivity index (χ3n) is 2.92. The van der Waals surface area contributed by atoms with E-state index in [4.69, 9.17) is 4.52 Å². The standard InChI is InChI=1S/C11H25O3P/c1-7-10(9(3)4)11(5,6)14-15(12,13)8-2/h9-10H,7-8H2,1-6H3,(H,12,13)/t10-/m0/s1. The minimum atomic E-state index is -3.40. The largest absolute Gasteiger partial charge is 0.328 e. The molecule has 0 aromatic heterocycles. The Hall–Kier alpha value is 0.150. The molecular weight excluding hydrogens is 211 g/mol. The zero-order valence-electron chi connectivity index (χ0n) is 10.8. The molecule has 0 radical (unpaired) electrons. The van der Waals surface area contributed by atoms with Crippen LogP contribution in [0.2, 0.25) is 0 Å². The van der Waals surface area contributed by atoms with Gasteiger partial charge in [0.15, 0.2) is 0 Å². The molecule has 92 valence electrons. The maximum Gasteiger partial charge on any atom is 0.328 e. The van der Waals surface area contributed by atoms with Gasteiger partial charge in [0.2, 0.25) is 0 Å². The molecule has 0 fully saturated rings. The van der Waals surface area contributed by atoms with Gasteiger partial charge in [-0.15, -0.1) is 0 Å². The van der Waals surface area contributed by atoms with E-state index in [2.05, 4.69) is 20.8 Å². The van der Waals surface area contributed by atoms with Gasteiger partial charge in [-0.25, -0.2) is 0 Å². The summed E-state index contributed by atoms with van der Waals surface area (Å²) in [5.41, 5.74) is -0.538. The second kappa shape index (κ2) is 5.47. The van der Waals surface area contributed by atoms with Gasteiger partial charge in [-0.1, -0.05) is 34.1 Å². The predicted molar refractivity (Wildman–Crippen MR) is 64.1 cm³/mol. The van der Waals surface area contributed by atoms with Crippen molar-refractivity contribution in [2.24, 2.45) is 11.8 Å². The Morgan fingerprint density at radius 2 is 1.80 bits per heavy atom. The third kappa shape index (κ3) is 4.67. The van der Waals surface area contributed by atoms with Crippen LogP contribution in [0.25, 0.3) is 0 Å². The molecule has 0 aliphatic rings. The summed E-state index contributed by atoms with van der Waals surface area (Å²) in [6, 6.07) is 0. The predicted octanol–water partition coefficient (Wildman–Crippen LogP) is 3.67. The quantitative estimate of drug-likeness (QED) is 0.716. The average Bonchev–Trinajstić information content (AvgIpc) is 2.01. The lowest BCUT2D eigenvalue weighted by atomic mass is 9.80. The Labute approximate surface area is 93.8 Å². The Kier molecular flexibility index (Phi) is 5.52. The van der Waals surface area contributed by atoms with Crippen molar-refractivity contribution in [2.75, 3.05) is 6.16 Å². The van der Waals surface area contributed by atoms with E-state index < -0.39 is 13.2 Å². The molecule has 0 aliphatic carbocycles. The highest BCUT2D eigenvalue weighted by Gasteiger charge is 2.36. The van der Waals surface area contributed by atoms with E-state index in [1.165, 1.54) is 0 Å². The van der Waals surface area contributed by atoms with Crippen molar-refractivity contribution in [1.82, 2.24) is 0 Å². The normalized spacial score (nSPS) is 18.9. The lowest BCUT2D eigenvalue weighted by Gasteiger charge is -2.37. The van der Waals surface area contributed by atoms with E-state index in [0.29, 0.717) is 11.8 Å². The van der Waals surface area contributed by atoms with Gasteiger partial charge in [0, 0.05) is 6.16 Å². The van der Waals surface area contributed by atoms with Gasteiger partial charge < -0.3 is 9.42 Å². The van der Waals surface area contributed by atoms with Crippen LogP contribution in [0.3, 0.4) is 0 Å². The molecule has 0 heterocycles. The topological polar surface area (TPSA) is 46.5 Å². The summed E-state index contributed by atoms with van der Waals surface area (Å²) < 4.78 is 17.0. The van der Waals surface area contributed by atoms with Crippen LogP contribution in [-0.4, -0.2) is 16.7 Å². The van der Waals surface area contributed by atoms with Crippen molar-refractivity contribution >= 4 is 7.60 Å². The summed E-state index contributed by atoms with van der Waals surface area (Å²) in [4.78, 5) is 9.52. The highest BCUT2D eigenvalue weighted by Crippen LogP contribution is 2.48. The molecule has 0 aliphatic heterocycles. The van der Waals surface area contributed by atoms with Crippen molar-refractivity contribution in [3.8, 4) is 0 Å². The van der Waals surface area contributed by atoms with Crippen molar-refractivity contribution in [2.45, 2.75) is 53.6 Å². The fraction of sp³-hybridized carbons (Fsp3) is 1.00. The summed E-state index contributed by atoms with van der Waals surface area (Å²) in [7, 11) is -3.40. The molecule has 3 nitrogen and oxygen atoms in total. The van der Waals surface area contributed by atoms with Crippen LogP contribution in [0.5, 0.6) is 0 Å². The van der Waals surface area contributed by atoms with Crippen LogP contribution in [0.4, 0.5) is 0 Å². The lowest BCUT2D eigenvalue weighted by Crippen LogP contribution is -2.36.